The molecule has 0 saturated heterocycles. The predicted octanol–water partition coefficient (Wildman–Crippen LogP) is 2.93. The van der Waals surface area contributed by atoms with Gasteiger partial charge in [0.05, 0.1) is 7.11 Å². The number of halogens is 6. The lowest BCUT2D eigenvalue weighted by molar-refractivity contribution is -0.287. The Labute approximate surface area is 70.7 Å². The van der Waals surface area contributed by atoms with Gasteiger partial charge in [-0.3, -0.25) is 0 Å². The first kappa shape index (κ1) is 12.5. The molecule has 0 fully saturated rings. The molecule has 0 N–H and O–H groups in total. The standard InChI is InChI=1S/C6H7F6O/c1-13-3-2-4(5(7,8)9)6(10,11)12/h4H,1-3H2. The zero-order valence-corrected chi connectivity index (χ0v) is 6.37. The highest BCUT2D eigenvalue weighted by molar-refractivity contribution is 4.74. The largest absolute Gasteiger partial charge is 0.400 e. The molecule has 0 spiro atoms. The molecule has 0 heterocycles. The molecule has 79 valence electrons. The molecule has 13 heavy (non-hydrogen) atoms. The molecule has 0 amide bonds. The third kappa shape index (κ3) is 4.35. The first-order valence-corrected chi connectivity index (χ1v) is 3.20. The Hall–Kier alpha value is -0.460. The van der Waals surface area contributed by atoms with Crippen LogP contribution in [-0.4, -0.2) is 19.0 Å². The molecule has 0 aliphatic rings. The number of ether oxygens (including phenoxy) is 1. The highest BCUT2D eigenvalue weighted by atomic mass is 19.4. The summed E-state index contributed by atoms with van der Waals surface area (Å²) in [6.07, 6.45) is -11.7. The topological polar surface area (TPSA) is 9.23 Å². The Morgan fingerprint density at radius 2 is 1.38 bits per heavy atom. The molecule has 0 atom stereocenters. The molecule has 0 aliphatic heterocycles. The van der Waals surface area contributed by atoms with E-state index in [-0.39, 0.29) is 0 Å². The Morgan fingerprint density at radius 3 is 1.62 bits per heavy atom. The van der Waals surface area contributed by atoms with Crippen LogP contribution in [0.15, 0.2) is 0 Å². The first-order valence-electron chi connectivity index (χ1n) is 3.20. The minimum Gasteiger partial charge on any atom is -0.379 e. The fourth-order valence-corrected chi connectivity index (χ4v) is 0.714. The summed E-state index contributed by atoms with van der Waals surface area (Å²) in [6, 6.07) is 0. The van der Waals surface area contributed by atoms with Crippen LogP contribution in [-0.2, 0) is 4.74 Å². The summed E-state index contributed by atoms with van der Waals surface area (Å²) >= 11 is 0. The van der Waals surface area contributed by atoms with Crippen molar-refractivity contribution in [3.8, 4) is 0 Å². The highest BCUT2D eigenvalue weighted by Crippen LogP contribution is 2.41. The Balaban J connectivity index is 4.39. The molecule has 0 saturated carbocycles. The summed E-state index contributed by atoms with van der Waals surface area (Å²) < 4.78 is 74.4. The third-order valence-corrected chi connectivity index (χ3v) is 1.34. The van der Waals surface area contributed by atoms with Crippen molar-refractivity contribution in [2.45, 2.75) is 18.8 Å². The van der Waals surface area contributed by atoms with Gasteiger partial charge in [-0.05, 0) is 6.42 Å². The molecule has 0 aromatic heterocycles. The average Bonchev–Trinajstić information content (AvgIpc) is 1.81. The summed E-state index contributed by atoms with van der Waals surface area (Å²) in [7, 11) is 2.69. The van der Waals surface area contributed by atoms with Crippen LogP contribution in [0.2, 0.25) is 0 Å². The average molecular weight is 209 g/mol. The van der Waals surface area contributed by atoms with E-state index >= 15 is 0 Å². The van der Waals surface area contributed by atoms with Crippen molar-refractivity contribution in [2.75, 3.05) is 6.61 Å². The van der Waals surface area contributed by atoms with Gasteiger partial charge in [-0.15, -0.1) is 0 Å². The summed E-state index contributed by atoms with van der Waals surface area (Å²) in [5.41, 5.74) is 0. The van der Waals surface area contributed by atoms with Crippen molar-refractivity contribution >= 4 is 0 Å². The summed E-state index contributed by atoms with van der Waals surface area (Å²) in [6.45, 7) is -0.677. The fourth-order valence-electron chi connectivity index (χ4n) is 0.714. The molecular formula is C6H7F6O. The maximum atomic E-state index is 11.7. The van der Waals surface area contributed by atoms with Crippen molar-refractivity contribution in [1.29, 1.82) is 0 Å². The minimum atomic E-state index is -5.28. The Bertz CT molecular complexity index is 134. The molecule has 0 rings (SSSR count). The van der Waals surface area contributed by atoms with Crippen LogP contribution in [0.3, 0.4) is 0 Å². The van der Waals surface area contributed by atoms with Gasteiger partial charge >= 0.3 is 12.4 Å². The van der Waals surface area contributed by atoms with Gasteiger partial charge in [0.25, 0.3) is 0 Å². The molecule has 0 unspecified atom stereocenters. The van der Waals surface area contributed by atoms with E-state index in [2.05, 4.69) is 11.8 Å². The summed E-state index contributed by atoms with van der Waals surface area (Å²) in [4.78, 5) is 0. The van der Waals surface area contributed by atoms with E-state index in [0.717, 1.165) is 0 Å². The minimum absolute atomic E-state index is 0.677. The van der Waals surface area contributed by atoms with Gasteiger partial charge in [0.2, 0.25) is 0 Å². The third-order valence-electron chi connectivity index (χ3n) is 1.34. The molecule has 1 nitrogen and oxygen atoms in total. The highest BCUT2D eigenvalue weighted by Gasteiger charge is 2.55. The van der Waals surface area contributed by atoms with E-state index in [0.29, 0.717) is 0 Å². The number of hydrogen-bond acceptors (Lipinski definition) is 1. The van der Waals surface area contributed by atoms with Crippen LogP contribution in [0, 0.1) is 13.0 Å². The molecule has 0 bridgehead atoms. The number of hydrogen-bond donors (Lipinski definition) is 0. The lowest BCUT2D eigenvalue weighted by Crippen LogP contribution is -2.37. The molecule has 0 aliphatic carbocycles. The first-order chi connectivity index (χ1) is 5.69. The van der Waals surface area contributed by atoms with Crippen LogP contribution in [0.5, 0.6) is 0 Å². The maximum Gasteiger partial charge on any atom is 0.400 e. The second-order valence-corrected chi connectivity index (χ2v) is 2.33. The zero-order chi connectivity index (χ0) is 10.7. The van der Waals surface area contributed by atoms with Gasteiger partial charge in [-0.2, -0.15) is 26.3 Å². The normalized spacial score (nSPS) is 13.8. The van der Waals surface area contributed by atoms with E-state index in [1.54, 1.807) is 0 Å². The van der Waals surface area contributed by atoms with Crippen LogP contribution in [0.4, 0.5) is 26.3 Å². The van der Waals surface area contributed by atoms with Gasteiger partial charge in [0.1, 0.15) is 0 Å². The molecule has 0 aromatic carbocycles. The van der Waals surface area contributed by atoms with Gasteiger partial charge in [0, 0.05) is 6.61 Å². The number of rotatable bonds is 3. The van der Waals surface area contributed by atoms with Crippen molar-refractivity contribution in [2.24, 2.45) is 5.92 Å². The van der Waals surface area contributed by atoms with Crippen molar-refractivity contribution in [1.82, 2.24) is 0 Å². The predicted molar refractivity (Wildman–Crippen MR) is 31.5 cm³/mol. The number of alkyl halides is 6. The van der Waals surface area contributed by atoms with E-state index in [9.17, 15) is 26.3 Å². The van der Waals surface area contributed by atoms with Gasteiger partial charge in [0.15, 0.2) is 5.92 Å². The summed E-state index contributed by atoms with van der Waals surface area (Å²) in [5, 5.41) is 0. The van der Waals surface area contributed by atoms with Crippen LogP contribution in [0.25, 0.3) is 0 Å². The molecule has 7 heteroatoms. The van der Waals surface area contributed by atoms with E-state index in [4.69, 9.17) is 0 Å². The second kappa shape index (κ2) is 4.17. The smallest absolute Gasteiger partial charge is 0.379 e. The second-order valence-electron chi connectivity index (χ2n) is 2.33. The fraction of sp³-hybridized carbons (Fsp3) is 0.833. The Morgan fingerprint density at radius 1 is 1.00 bits per heavy atom. The monoisotopic (exact) mass is 209 g/mol. The van der Waals surface area contributed by atoms with Crippen molar-refractivity contribution in [3.63, 3.8) is 0 Å². The maximum absolute atomic E-state index is 11.7. The summed E-state index contributed by atoms with van der Waals surface area (Å²) in [5.74, 6) is -3.33. The van der Waals surface area contributed by atoms with Crippen molar-refractivity contribution in [3.05, 3.63) is 7.11 Å². The quantitative estimate of drug-likeness (QED) is 0.649. The molecule has 0 aromatic rings. The van der Waals surface area contributed by atoms with Crippen molar-refractivity contribution < 1.29 is 31.1 Å². The van der Waals surface area contributed by atoms with Crippen LogP contribution in [0.1, 0.15) is 6.42 Å². The lowest BCUT2D eigenvalue weighted by atomic mass is 10.1. The van der Waals surface area contributed by atoms with E-state index < -0.39 is 31.3 Å². The van der Waals surface area contributed by atoms with Gasteiger partial charge in [-0.25, -0.2) is 0 Å². The SMILES string of the molecule is [CH2]OCCC(C(F)(F)F)C(F)(F)F. The van der Waals surface area contributed by atoms with Gasteiger partial charge < -0.3 is 4.74 Å². The van der Waals surface area contributed by atoms with Gasteiger partial charge in [-0.1, -0.05) is 0 Å². The zero-order valence-electron chi connectivity index (χ0n) is 6.37. The Kier molecular flexibility index (Phi) is 4.02. The molecular weight excluding hydrogens is 202 g/mol. The molecule has 1 radical (unpaired) electrons. The van der Waals surface area contributed by atoms with E-state index in [1.807, 2.05) is 0 Å². The van der Waals surface area contributed by atoms with E-state index in [1.165, 1.54) is 0 Å². The lowest BCUT2D eigenvalue weighted by Gasteiger charge is -2.22. The van der Waals surface area contributed by atoms with Crippen LogP contribution >= 0.6 is 0 Å². The van der Waals surface area contributed by atoms with Crippen LogP contribution < -0.4 is 0 Å².